The summed E-state index contributed by atoms with van der Waals surface area (Å²) in [6.45, 7) is 0. The van der Waals surface area contributed by atoms with E-state index in [9.17, 15) is 10.1 Å². The van der Waals surface area contributed by atoms with Crippen LogP contribution in [0.2, 0.25) is 0 Å². The summed E-state index contributed by atoms with van der Waals surface area (Å²) in [5, 5.41) is 15.1. The summed E-state index contributed by atoms with van der Waals surface area (Å²) in [5.74, 6) is -1.24. The van der Waals surface area contributed by atoms with Gasteiger partial charge in [-0.1, -0.05) is 49.7 Å². The van der Waals surface area contributed by atoms with Crippen LogP contribution in [0.15, 0.2) is 30.3 Å². The zero-order valence-corrected chi connectivity index (χ0v) is 12.7. The molecule has 0 heterocycles. The van der Waals surface area contributed by atoms with Gasteiger partial charge in [0.1, 0.15) is 4.99 Å². The summed E-state index contributed by atoms with van der Waals surface area (Å²) >= 11 is 5.21. The molecule has 0 bridgehead atoms. The maximum absolute atomic E-state index is 12.2. The van der Waals surface area contributed by atoms with Gasteiger partial charge in [0.15, 0.2) is 5.92 Å². The van der Waals surface area contributed by atoms with Crippen molar-refractivity contribution in [1.82, 2.24) is 5.32 Å². The van der Waals surface area contributed by atoms with Crippen LogP contribution in [0.1, 0.15) is 32.1 Å². The molecule has 1 aliphatic rings. The summed E-state index contributed by atoms with van der Waals surface area (Å²) in [6, 6.07) is 11.5. The molecule has 5 heteroatoms. The van der Waals surface area contributed by atoms with E-state index in [1.165, 1.54) is 6.42 Å². The van der Waals surface area contributed by atoms with E-state index in [-0.39, 0.29) is 16.9 Å². The molecule has 1 unspecified atom stereocenters. The number of nitrogens with one attached hydrogen (secondary N) is 2. The van der Waals surface area contributed by atoms with Crippen molar-refractivity contribution in [1.29, 1.82) is 5.26 Å². The van der Waals surface area contributed by atoms with E-state index < -0.39 is 5.92 Å². The second-order valence-corrected chi connectivity index (χ2v) is 5.70. The van der Waals surface area contributed by atoms with Crippen molar-refractivity contribution in [2.24, 2.45) is 5.92 Å². The molecule has 1 amide bonds. The lowest BCUT2D eigenvalue weighted by molar-refractivity contribution is -0.122. The van der Waals surface area contributed by atoms with Crippen molar-refractivity contribution in [3.8, 4) is 6.07 Å². The molecule has 1 fully saturated rings. The van der Waals surface area contributed by atoms with Crippen LogP contribution in [0.25, 0.3) is 0 Å². The highest BCUT2D eigenvalue weighted by Crippen LogP contribution is 2.18. The fourth-order valence-corrected chi connectivity index (χ4v) is 2.78. The molecule has 1 aromatic rings. The van der Waals surface area contributed by atoms with Gasteiger partial charge in [-0.05, 0) is 25.0 Å². The first-order valence-corrected chi connectivity index (χ1v) is 7.67. The van der Waals surface area contributed by atoms with E-state index in [1.807, 2.05) is 36.4 Å². The first kappa shape index (κ1) is 15.5. The molecule has 0 spiro atoms. The number of benzene rings is 1. The Balaban J connectivity index is 1.93. The van der Waals surface area contributed by atoms with Gasteiger partial charge in [0.25, 0.3) is 0 Å². The van der Waals surface area contributed by atoms with Crippen LogP contribution in [-0.4, -0.2) is 16.9 Å². The molecule has 2 N–H and O–H groups in total. The summed E-state index contributed by atoms with van der Waals surface area (Å²) in [4.78, 5) is 12.5. The Bertz CT molecular complexity index is 532. The van der Waals surface area contributed by atoms with Gasteiger partial charge in [-0.2, -0.15) is 5.26 Å². The smallest absolute Gasteiger partial charge is 0.244 e. The Morgan fingerprint density at radius 1 is 1.24 bits per heavy atom. The predicted molar refractivity (Wildman–Crippen MR) is 86.8 cm³/mol. The largest absolute Gasteiger partial charge is 0.352 e. The van der Waals surface area contributed by atoms with Crippen LogP contribution in [0, 0.1) is 17.2 Å². The Morgan fingerprint density at radius 3 is 2.52 bits per heavy atom. The summed E-state index contributed by atoms with van der Waals surface area (Å²) in [6.07, 6.45) is 5.47. The molecule has 0 aromatic heterocycles. The fourth-order valence-electron chi connectivity index (χ4n) is 2.50. The minimum Gasteiger partial charge on any atom is -0.352 e. The molecule has 2 rings (SSSR count). The number of hydrogen-bond acceptors (Lipinski definition) is 3. The van der Waals surface area contributed by atoms with Crippen molar-refractivity contribution in [3.05, 3.63) is 30.3 Å². The Hall–Kier alpha value is -1.93. The molecular weight excluding hydrogens is 282 g/mol. The Kier molecular flexibility index (Phi) is 5.70. The molecule has 1 atom stereocenters. The number of carbonyl (C=O) groups excluding carboxylic acids is 1. The zero-order chi connectivity index (χ0) is 15.1. The van der Waals surface area contributed by atoms with Gasteiger partial charge >= 0.3 is 0 Å². The first-order valence-electron chi connectivity index (χ1n) is 7.26. The van der Waals surface area contributed by atoms with Gasteiger partial charge in [0.2, 0.25) is 5.91 Å². The molecule has 110 valence electrons. The maximum atomic E-state index is 12.2. The van der Waals surface area contributed by atoms with Gasteiger partial charge in [-0.15, -0.1) is 0 Å². The Labute approximate surface area is 130 Å². The van der Waals surface area contributed by atoms with Crippen molar-refractivity contribution in [3.63, 3.8) is 0 Å². The highest BCUT2D eigenvalue weighted by atomic mass is 32.1. The summed E-state index contributed by atoms with van der Waals surface area (Å²) < 4.78 is 0. The topological polar surface area (TPSA) is 64.9 Å². The minimum absolute atomic E-state index is 0.182. The van der Waals surface area contributed by atoms with E-state index >= 15 is 0 Å². The quantitative estimate of drug-likeness (QED) is 0.839. The van der Waals surface area contributed by atoms with Gasteiger partial charge < -0.3 is 10.6 Å². The van der Waals surface area contributed by atoms with Crippen LogP contribution >= 0.6 is 12.2 Å². The third kappa shape index (κ3) is 4.54. The van der Waals surface area contributed by atoms with Crippen molar-refractivity contribution >= 4 is 28.8 Å². The summed E-state index contributed by atoms with van der Waals surface area (Å²) in [7, 11) is 0. The number of carbonyl (C=O) groups is 1. The van der Waals surface area contributed by atoms with E-state index in [4.69, 9.17) is 12.2 Å². The van der Waals surface area contributed by atoms with E-state index in [0.717, 1.165) is 31.4 Å². The molecule has 1 saturated carbocycles. The number of thiocarbonyl (C=S) groups is 1. The van der Waals surface area contributed by atoms with Crippen LogP contribution in [-0.2, 0) is 4.79 Å². The molecular formula is C16H19N3OS. The van der Waals surface area contributed by atoms with E-state index in [1.54, 1.807) is 0 Å². The van der Waals surface area contributed by atoms with Gasteiger partial charge in [0, 0.05) is 11.7 Å². The molecule has 0 saturated heterocycles. The monoisotopic (exact) mass is 301 g/mol. The van der Waals surface area contributed by atoms with Gasteiger partial charge in [-0.3, -0.25) is 4.79 Å². The highest BCUT2D eigenvalue weighted by molar-refractivity contribution is 7.80. The molecule has 1 aliphatic carbocycles. The first-order chi connectivity index (χ1) is 10.2. The van der Waals surface area contributed by atoms with Crippen LogP contribution in [0.3, 0.4) is 0 Å². The lowest BCUT2D eigenvalue weighted by Crippen LogP contribution is -2.42. The second-order valence-electron chi connectivity index (χ2n) is 5.26. The Morgan fingerprint density at radius 2 is 1.90 bits per heavy atom. The number of para-hydroxylation sites is 1. The van der Waals surface area contributed by atoms with Crippen LogP contribution in [0.5, 0.6) is 0 Å². The predicted octanol–water partition coefficient (Wildman–Crippen LogP) is 3.01. The van der Waals surface area contributed by atoms with Crippen molar-refractivity contribution in [2.75, 3.05) is 5.32 Å². The molecule has 21 heavy (non-hydrogen) atoms. The van der Waals surface area contributed by atoms with Crippen LogP contribution < -0.4 is 10.6 Å². The number of nitrogens with zero attached hydrogens (tertiary/aromatic N) is 1. The standard InChI is InChI=1S/C16H19N3OS/c17-11-14(15(20)18-12-7-3-1-4-8-12)16(21)19-13-9-5-2-6-10-13/h2,5-6,9-10,12,14H,1,3-4,7-8H2,(H,18,20)(H,19,21). The fraction of sp³-hybridized carbons (Fsp3) is 0.438. The number of hydrogen-bond donors (Lipinski definition) is 2. The van der Waals surface area contributed by atoms with E-state index in [0.29, 0.717) is 0 Å². The maximum Gasteiger partial charge on any atom is 0.244 e. The number of nitriles is 1. The van der Waals surface area contributed by atoms with Crippen molar-refractivity contribution in [2.45, 2.75) is 38.1 Å². The normalized spacial score (nSPS) is 16.5. The molecule has 0 radical (unpaired) electrons. The lowest BCUT2D eigenvalue weighted by atomic mass is 9.95. The highest BCUT2D eigenvalue weighted by Gasteiger charge is 2.26. The second kappa shape index (κ2) is 7.75. The molecule has 1 aromatic carbocycles. The van der Waals surface area contributed by atoms with Gasteiger partial charge in [0.05, 0.1) is 6.07 Å². The average Bonchev–Trinajstić information content (AvgIpc) is 2.50. The van der Waals surface area contributed by atoms with E-state index in [2.05, 4.69) is 10.6 Å². The van der Waals surface area contributed by atoms with Gasteiger partial charge in [-0.25, -0.2) is 0 Å². The number of anilines is 1. The third-order valence-corrected chi connectivity index (χ3v) is 3.98. The molecule has 4 nitrogen and oxygen atoms in total. The van der Waals surface area contributed by atoms with Crippen LogP contribution in [0.4, 0.5) is 5.69 Å². The lowest BCUT2D eigenvalue weighted by Gasteiger charge is -2.24. The SMILES string of the molecule is N#CC(C(=O)NC1CCCCC1)C(=S)Nc1ccccc1. The number of amides is 1. The minimum atomic E-state index is -0.942. The molecule has 0 aliphatic heterocycles. The summed E-state index contributed by atoms with van der Waals surface area (Å²) in [5.41, 5.74) is 0.785. The zero-order valence-electron chi connectivity index (χ0n) is 11.8. The third-order valence-electron chi connectivity index (χ3n) is 3.65. The average molecular weight is 301 g/mol. The van der Waals surface area contributed by atoms with Crippen molar-refractivity contribution < 1.29 is 4.79 Å². The number of rotatable bonds is 4.